The van der Waals surface area contributed by atoms with Crippen molar-refractivity contribution in [3.8, 4) is 11.3 Å². The zero-order valence-corrected chi connectivity index (χ0v) is 16.8. The molecule has 3 rings (SSSR count). The smallest absolute Gasteiger partial charge is 0.263 e. The Morgan fingerprint density at radius 2 is 2.19 bits per heavy atom. The van der Waals surface area contributed by atoms with E-state index in [4.69, 9.17) is 4.42 Å². The Kier molecular flexibility index (Phi) is 5.24. The second-order valence-electron chi connectivity index (χ2n) is 6.84. The molecule has 3 aromatic heterocycles. The van der Waals surface area contributed by atoms with Crippen LogP contribution in [-0.4, -0.2) is 26.8 Å². The molecule has 138 valence electrons. The maximum atomic E-state index is 13.0. The van der Waals surface area contributed by atoms with Gasteiger partial charge in [-0.2, -0.15) is 0 Å². The molecule has 0 saturated heterocycles. The van der Waals surface area contributed by atoms with Crippen molar-refractivity contribution in [3.63, 3.8) is 0 Å². The highest BCUT2D eigenvalue weighted by atomic mass is 32.2. The quantitative estimate of drug-likeness (QED) is 0.529. The summed E-state index contributed by atoms with van der Waals surface area (Å²) in [5, 5.41) is 5.93. The first-order chi connectivity index (χ1) is 12.3. The summed E-state index contributed by atoms with van der Waals surface area (Å²) >= 11 is 2.68. The summed E-state index contributed by atoms with van der Waals surface area (Å²) in [5.41, 5.74) is 0.367. The Bertz CT molecular complexity index is 982. The highest BCUT2D eigenvalue weighted by Crippen LogP contribution is 2.32. The molecule has 0 radical (unpaired) electrons. The van der Waals surface area contributed by atoms with Gasteiger partial charge in [-0.05, 0) is 39.8 Å². The van der Waals surface area contributed by atoms with Crippen LogP contribution in [0.2, 0.25) is 0 Å². The van der Waals surface area contributed by atoms with Crippen molar-refractivity contribution < 1.29 is 9.21 Å². The molecule has 1 amide bonds. The fourth-order valence-electron chi connectivity index (χ4n) is 2.59. The van der Waals surface area contributed by atoms with E-state index in [1.165, 1.54) is 23.1 Å². The minimum absolute atomic E-state index is 0.0815. The minimum Gasteiger partial charge on any atom is -0.464 e. The maximum absolute atomic E-state index is 13.0. The van der Waals surface area contributed by atoms with Gasteiger partial charge in [0.15, 0.2) is 5.16 Å². The average Bonchev–Trinajstić information content (AvgIpc) is 3.20. The summed E-state index contributed by atoms with van der Waals surface area (Å²) in [7, 11) is 0. The molecule has 0 atom stereocenters. The second kappa shape index (κ2) is 7.28. The molecule has 0 aromatic carbocycles. The van der Waals surface area contributed by atoms with Crippen LogP contribution >= 0.6 is 23.1 Å². The van der Waals surface area contributed by atoms with E-state index in [0.717, 1.165) is 5.56 Å². The molecular formula is C18H21N3O3S2. The van der Waals surface area contributed by atoms with Gasteiger partial charge in [-0.3, -0.25) is 14.2 Å². The molecule has 26 heavy (non-hydrogen) atoms. The van der Waals surface area contributed by atoms with Gasteiger partial charge in [-0.25, -0.2) is 4.98 Å². The van der Waals surface area contributed by atoms with Crippen molar-refractivity contribution in [2.24, 2.45) is 0 Å². The van der Waals surface area contributed by atoms with Crippen LogP contribution in [0.25, 0.3) is 21.5 Å². The van der Waals surface area contributed by atoms with Crippen LogP contribution in [0.1, 0.15) is 27.7 Å². The van der Waals surface area contributed by atoms with Gasteiger partial charge in [0.25, 0.3) is 5.56 Å². The third-order valence-corrected chi connectivity index (χ3v) is 5.46. The molecule has 1 N–H and O–H groups in total. The van der Waals surface area contributed by atoms with Crippen molar-refractivity contribution in [1.82, 2.24) is 14.9 Å². The Morgan fingerprint density at radius 1 is 1.42 bits per heavy atom. The van der Waals surface area contributed by atoms with Crippen LogP contribution < -0.4 is 10.9 Å². The van der Waals surface area contributed by atoms with Crippen LogP contribution in [0.5, 0.6) is 0 Å². The fraction of sp³-hybridized carbons (Fsp3) is 0.389. The topological polar surface area (TPSA) is 77.1 Å². The number of carbonyl (C=O) groups is 1. The van der Waals surface area contributed by atoms with E-state index in [9.17, 15) is 9.59 Å². The van der Waals surface area contributed by atoms with Crippen LogP contribution in [-0.2, 0) is 11.3 Å². The van der Waals surface area contributed by atoms with Gasteiger partial charge in [0.2, 0.25) is 5.91 Å². The average molecular weight is 392 g/mol. The van der Waals surface area contributed by atoms with E-state index in [0.29, 0.717) is 27.7 Å². The Balaban J connectivity index is 1.95. The van der Waals surface area contributed by atoms with E-state index in [1.54, 1.807) is 16.9 Å². The van der Waals surface area contributed by atoms with Gasteiger partial charge >= 0.3 is 0 Å². The van der Waals surface area contributed by atoms with Crippen LogP contribution in [0.4, 0.5) is 0 Å². The van der Waals surface area contributed by atoms with Gasteiger partial charge in [0.1, 0.15) is 10.6 Å². The molecule has 0 fully saturated rings. The molecule has 0 aliphatic carbocycles. The summed E-state index contributed by atoms with van der Waals surface area (Å²) < 4.78 is 7.05. The van der Waals surface area contributed by atoms with E-state index in [1.807, 2.05) is 39.1 Å². The molecule has 0 unspecified atom stereocenters. The third kappa shape index (κ3) is 3.86. The molecule has 0 bridgehead atoms. The van der Waals surface area contributed by atoms with Crippen molar-refractivity contribution in [1.29, 1.82) is 0 Å². The lowest BCUT2D eigenvalue weighted by Crippen LogP contribution is -2.41. The van der Waals surface area contributed by atoms with E-state index < -0.39 is 0 Å². The summed E-state index contributed by atoms with van der Waals surface area (Å²) in [6.07, 6.45) is 1.59. The number of rotatable bonds is 5. The predicted octanol–water partition coefficient (Wildman–Crippen LogP) is 3.74. The Hall–Kier alpha value is -2.06. The number of thiophene rings is 1. The lowest BCUT2D eigenvalue weighted by atomic mass is 10.1. The molecule has 0 aliphatic heterocycles. The molecule has 8 heteroatoms. The van der Waals surface area contributed by atoms with E-state index in [2.05, 4.69) is 10.3 Å². The molecule has 6 nitrogen and oxygen atoms in total. The molecule has 0 saturated carbocycles. The SMILES string of the molecule is CCn1c(SCC(=O)NC(C)(C)C)nc2scc(-c3ccco3)c2c1=O. The highest BCUT2D eigenvalue weighted by molar-refractivity contribution is 7.99. The number of thioether (sulfide) groups is 1. The van der Waals surface area contributed by atoms with E-state index >= 15 is 0 Å². The summed E-state index contributed by atoms with van der Waals surface area (Å²) in [6, 6.07) is 3.62. The first-order valence-electron chi connectivity index (χ1n) is 8.30. The van der Waals surface area contributed by atoms with Crippen molar-refractivity contribution in [2.75, 3.05) is 5.75 Å². The van der Waals surface area contributed by atoms with Crippen molar-refractivity contribution in [2.45, 2.75) is 44.9 Å². The number of furan rings is 1. The standard InChI is InChI=1S/C18H21N3O3S2/c1-5-21-16(23)14-11(12-7-6-8-24-12)9-25-15(14)19-17(21)26-10-13(22)20-18(2,3)4/h6-9H,5,10H2,1-4H3,(H,20,22). The van der Waals surface area contributed by atoms with Crippen molar-refractivity contribution >= 4 is 39.2 Å². The number of nitrogens with one attached hydrogen (secondary N) is 1. The maximum Gasteiger partial charge on any atom is 0.263 e. The first-order valence-corrected chi connectivity index (χ1v) is 10.2. The van der Waals surface area contributed by atoms with Gasteiger partial charge in [0.05, 0.1) is 17.4 Å². The zero-order chi connectivity index (χ0) is 18.9. The molecule has 0 aliphatic rings. The minimum atomic E-state index is -0.287. The molecule has 3 aromatic rings. The fourth-order valence-corrected chi connectivity index (χ4v) is 4.42. The summed E-state index contributed by atoms with van der Waals surface area (Å²) in [4.78, 5) is 30.4. The van der Waals surface area contributed by atoms with E-state index in [-0.39, 0.29) is 22.8 Å². The van der Waals surface area contributed by atoms with Gasteiger partial charge in [-0.15, -0.1) is 11.3 Å². The summed E-state index contributed by atoms with van der Waals surface area (Å²) in [5.74, 6) is 0.788. The zero-order valence-electron chi connectivity index (χ0n) is 15.2. The first kappa shape index (κ1) is 18.7. The largest absolute Gasteiger partial charge is 0.464 e. The number of fused-ring (bicyclic) bond motifs is 1. The highest BCUT2D eigenvalue weighted by Gasteiger charge is 2.19. The normalized spacial score (nSPS) is 11.8. The number of nitrogens with zero attached hydrogens (tertiary/aromatic N) is 2. The van der Waals surface area contributed by atoms with Gasteiger partial charge in [0, 0.05) is 23.0 Å². The van der Waals surface area contributed by atoms with Gasteiger partial charge < -0.3 is 9.73 Å². The lowest BCUT2D eigenvalue weighted by molar-refractivity contribution is -0.119. The Labute approximate surface area is 159 Å². The van der Waals surface area contributed by atoms with Gasteiger partial charge in [-0.1, -0.05) is 11.8 Å². The van der Waals surface area contributed by atoms with Crippen LogP contribution in [0.3, 0.4) is 0 Å². The number of hydrogen-bond acceptors (Lipinski definition) is 6. The molecule has 0 spiro atoms. The number of aromatic nitrogens is 2. The van der Waals surface area contributed by atoms with Crippen molar-refractivity contribution in [3.05, 3.63) is 34.1 Å². The predicted molar refractivity (Wildman–Crippen MR) is 106 cm³/mol. The molecular weight excluding hydrogens is 370 g/mol. The number of carbonyl (C=O) groups excluding carboxylic acids is 1. The monoisotopic (exact) mass is 391 g/mol. The summed E-state index contributed by atoms with van der Waals surface area (Å²) in [6.45, 7) is 8.18. The number of amides is 1. The van der Waals surface area contributed by atoms with Crippen LogP contribution in [0.15, 0.2) is 38.1 Å². The lowest BCUT2D eigenvalue weighted by Gasteiger charge is -2.20. The second-order valence-corrected chi connectivity index (χ2v) is 8.64. The number of hydrogen-bond donors (Lipinski definition) is 1. The Morgan fingerprint density at radius 3 is 2.81 bits per heavy atom. The van der Waals surface area contributed by atoms with Crippen LogP contribution in [0, 0.1) is 0 Å². The third-order valence-electron chi connectivity index (χ3n) is 3.61. The molecule has 3 heterocycles.